The van der Waals surface area contributed by atoms with E-state index >= 15 is 0 Å². The van der Waals surface area contributed by atoms with Crippen molar-refractivity contribution in [2.24, 2.45) is 0 Å². The molecule has 4 heteroatoms. The lowest BCUT2D eigenvalue weighted by molar-refractivity contribution is -0.0232. The third kappa shape index (κ3) is 3.91. The normalized spacial score (nSPS) is 15.8. The van der Waals surface area contributed by atoms with Gasteiger partial charge in [0.1, 0.15) is 17.6 Å². The van der Waals surface area contributed by atoms with E-state index in [1.165, 1.54) is 0 Å². The number of ether oxygens (including phenoxy) is 1. The lowest BCUT2D eigenvalue weighted by Gasteiger charge is -2.25. The zero-order valence-corrected chi connectivity index (χ0v) is 16.2. The molecule has 0 aromatic heterocycles. The SMILES string of the molecule is CC(C)=CCc1c(O)c(C(=O)c2ccccc2)cc2c1O[C@H](C(C)(C)O)C2. The van der Waals surface area contributed by atoms with Gasteiger partial charge in [-0.15, -0.1) is 0 Å². The van der Waals surface area contributed by atoms with E-state index in [1.807, 2.05) is 26.0 Å². The molecule has 0 bridgehead atoms. The molecular formula is C23H26O4. The van der Waals surface area contributed by atoms with Crippen LogP contribution >= 0.6 is 0 Å². The number of phenolic OH excluding ortho intramolecular Hbond substituents is 1. The Morgan fingerprint density at radius 1 is 1.26 bits per heavy atom. The third-order valence-corrected chi connectivity index (χ3v) is 4.87. The van der Waals surface area contributed by atoms with Gasteiger partial charge in [0.25, 0.3) is 0 Å². The monoisotopic (exact) mass is 366 g/mol. The number of hydrogen-bond donors (Lipinski definition) is 2. The summed E-state index contributed by atoms with van der Waals surface area (Å²) >= 11 is 0. The number of aromatic hydroxyl groups is 1. The number of ketones is 1. The molecule has 1 atom stereocenters. The van der Waals surface area contributed by atoms with E-state index < -0.39 is 11.7 Å². The van der Waals surface area contributed by atoms with Gasteiger partial charge in [-0.25, -0.2) is 0 Å². The van der Waals surface area contributed by atoms with Crippen LogP contribution in [-0.4, -0.2) is 27.7 Å². The maximum atomic E-state index is 13.0. The van der Waals surface area contributed by atoms with Crippen LogP contribution in [0.3, 0.4) is 0 Å². The van der Waals surface area contributed by atoms with Crippen LogP contribution in [0.2, 0.25) is 0 Å². The van der Waals surface area contributed by atoms with Crippen LogP contribution in [-0.2, 0) is 12.8 Å². The summed E-state index contributed by atoms with van der Waals surface area (Å²) in [5.74, 6) is 0.319. The number of benzene rings is 2. The number of carbonyl (C=O) groups is 1. The van der Waals surface area contributed by atoms with Gasteiger partial charge in [-0.3, -0.25) is 4.79 Å². The number of phenols is 1. The molecule has 1 aliphatic rings. The van der Waals surface area contributed by atoms with Crippen molar-refractivity contribution in [2.45, 2.75) is 52.2 Å². The summed E-state index contributed by atoms with van der Waals surface area (Å²) in [6.45, 7) is 7.37. The molecule has 0 unspecified atom stereocenters. The average molecular weight is 366 g/mol. The molecule has 27 heavy (non-hydrogen) atoms. The number of hydrogen-bond acceptors (Lipinski definition) is 4. The molecule has 2 N–H and O–H groups in total. The first-order valence-corrected chi connectivity index (χ1v) is 9.18. The number of carbonyl (C=O) groups excluding carboxylic acids is 1. The molecule has 0 spiro atoms. The van der Waals surface area contributed by atoms with Gasteiger partial charge in [0.2, 0.25) is 0 Å². The molecule has 1 heterocycles. The Labute approximate surface area is 160 Å². The Bertz CT molecular complexity index is 885. The second-order valence-electron chi connectivity index (χ2n) is 7.88. The van der Waals surface area contributed by atoms with Gasteiger partial charge in [-0.2, -0.15) is 0 Å². The van der Waals surface area contributed by atoms with Crippen molar-refractivity contribution in [3.05, 3.63) is 70.3 Å². The van der Waals surface area contributed by atoms with Crippen molar-refractivity contribution in [1.29, 1.82) is 0 Å². The maximum Gasteiger partial charge on any atom is 0.196 e. The summed E-state index contributed by atoms with van der Waals surface area (Å²) in [5, 5.41) is 21.3. The zero-order chi connectivity index (χ0) is 19.8. The van der Waals surface area contributed by atoms with Gasteiger partial charge in [-0.05, 0) is 45.7 Å². The van der Waals surface area contributed by atoms with Crippen LogP contribution in [0.4, 0.5) is 0 Å². The van der Waals surface area contributed by atoms with Gasteiger partial charge in [0.15, 0.2) is 5.78 Å². The summed E-state index contributed by atoms with van der Waals surface area (Å²) in [4.78, 5) is 13.0. The molecule has 0 saturated heterocycles. The Hall–Kier alpha value is -2.59. The van der Waals surface area contributed by atoms with Crippen LogP contribution in [0.1, 0.15) is 54.7 Å². The fourth-order valence-corrected chi connectivity index (χ4v) is 3.26. The zero-order valence-electron chi connectivity index (χ0n) is 16.2. The molecule has 1 aliphatic heterocycles. The number of aliphatic hydroxyl groups is 1. The standard InChI is InChI=1S/C23H26O4/c1-14(2)10-11-17-21(25)18(20(24)15-8-6-5-7-9-15)12-16-13-19(23(3,4)26)27-22(16)17/h5-10,12,19,25-26H,11,13H2,1-4H3/t19-/m0/s1. The minimum atomic E-state index is -1.02. The van der Waals surface area contributed by atoms with E-state index in [1.54, 1.807) is 44.2 Å². The predicted octanol–water partition coefficient (Wildman–Crippen LogP) is 4.21. The van der Waals surface area contributed by atoms with Crippen molar-refractivity contribution in [3.8, 4) is 11.5 Å². The Balaban J connectivity index is 2.11. The highest BCUT2D eigenvalue weighted by Gasteiger charge is 2.37. The topological polar surface area (TPSA) is 66.8 Å². The fraction of sp³-hybridized carbons (Fsp3) is 0.348. The largest absolute Gasteiger partial charge is 0.507 e. The molecule has 0 aliphatic carbocycles. The van der Waals surface area contributed by atoms with Crippen LogP contribution in [0.5, 0.6) is 11.5 Å². The Morgan fingerprint density at radius 3 is 2.52 bits per heavy atom. The van der Waals surface area contributed by atoms with Crippen molar-refractivity contribution >= 4 is 5.78 Å². The van der Waals surface area contributed by atoms with Crippen LogP contribution in [0.25, 0.3) is 0 Å². The highest BCUT2D eigenvalue weighted by molar-refractivity contribution is 6.11. The van der Waals surface area contributed by atoms with Gasteiger partial charge < -0.3 is 14.9 Å². The van der Waals surface area contributed by atoms with E-state index in [-0.39, 0.29) is 17.1 Å². The number of fused-ring (bicyclic) bond motifs is 1. The van der Waals surface area contributed by atoms with E-state index in [2.05, 4.69) is 0 Å². The van der Waals surface area contributed by atoms with Crippen molar-refractivity contribution < 1.29 is 19.7 Å². The van der Waals surface area contributed by atoms with Crippen molar-refractivity contribution in [2.75, 3.05) is 0 Å². The minimum Gasteiger partial charge on any atom is -0.507 e. The van der Waals surface area contributed by atoms with Gasteiger partial charge >= 0.3 is 0 Å². The highest BCUT2D eigenvalue weighted by Crippen LogP contribution is 2.43. The minimum absolute atomic E-state index is 0.0449. The number of allylic oxidation sites excluding steroid dienone is 2. The summed E-state index contributed by atoms with van der Waals surface area (Å²) in [5.41, 5.74) is 2.33. The Morgan fingerprint density at radius 2 is 1.93 bits per heavy atom. The van der Waals surface area contributed by atoms with Gasteiger partial charge in [-0.1, -0.05) is 42.0 Å². The van der Waals surface area contributed by atoms with E-state index in [0.29, 0.717) is 29.7 Å². The fourth-order valence-electron chi connectivity index (χ4n) is 3.26. The van der Waals surface area contributed by atoms with Gasteiger partial charge in [0, 0.05) is 17.5 Å². The van der Waals surface area contributed by atoms with Crippen molar-refractivity contribution in [1.82, 2.24) is 0 Å². The quantitative estimate of drug-likeness (QED) is 0.615. The second-order valence-corrected chi connectivity index (χ2v) is 7.88. The lowest BCUT2D eigenvalue weighted by Crippen LogP contribution is -2.39. The summed E-state index contributed by atoms with van der Waals surface area (Å²) in [6.07, 6.45) is 2.54. The van der Waals surface area contributed by atoms with E-state index in [4.69, 9.17) is 4.74 Å². The first kappa shape index (κ1) is 19.2. The van der Waals surface area contributed by atoms with E-state index in [9.17, 15) is 15.0 Å². The molecule has 0 fully saturated rings. The van der Waals surface area contributed by atoms with Gasteiger partial charge in [0.05, 0.1) is 11.2 Å². The smallest absolute Gasteiger partial charge is 0.196 e. The molecular weight excluding hydrogens is 340 g/mol. The summed E-state index contributed by atoms with van der Waals surface area (Å²) in [6, 6.07) is 10.6. The molecule has 0 saturated carbocycles. The highest BCUT2D eigenvalue weighted by atomic mass is 16.5. The molecule has 4 nitrogen and oxygen atoms in total. The maximum absolute atomic E-state index is 13.0. The lowest BCUT2D eigenvalue weighted by atomic mass is 9.92. The Kier molecular flexibility index (Phi) is 5.11. The second kappa shape index (κ2) is 7.20. The molecule has 2 aromatic carbocycles. The predicted molar refractivity (Wildman–Crippen MR) is 106 cm³/mol. The summed E-state index contributed by atoms with van der Waals surface area (Å²) in [7, 11) is 0. The first-order valence-electron chi connectivity index (χ1n) is 9.18. The summed E-state index contributed by atoms with van der Waals surface area (Å²) < 4.78 is 6.01. The van der Waals surface area contributed by atoms with Crippen LogP contribution in [0.15, 0.2) is 48.0 Å². The van der Waals surface area contributed by atoms with E-state index in [0.717, 1.165) is 11.1 Å². The van der Waals surface area contributed by atoms with Crippen molar-refractivity contribution in [3.63, 3.8) is 0 Å². The molecule has 0 amide bonds. The number of rotatable bonds is 5. The van der Waals surface area contributed by atoms with Crippen LogP contribution < -0.4 is 4.74 Å². The average Bonchev–Trinajstić information content (AvgIpc) is 3.04. The molecule has 0 radical (unpaired) electrons. The third-order valence-electron chi connectivity index (χ3n) is 4.87. The molecule has 3 rings (SSSR count). The molecule has 142 valence electrons. The first-order chi connectivity index (χ1) is 12.7. The van der Waals surface area contributed by atoms with Crippen LogP contribution in [0, 0.1) is 0 Å². The molecule has 2 aromatic rings.